The summed E-state index contributed by atoms with van der Waals surface area (Å²) in [5.41, 5.74) is 0.287. The fourth-order valence-corrected chi connectivity index (χ4v) is 5.98. The van der Waals surface area contributed by atoms with Crippen molar-refractivity contribution in [2.45, 2.75) is 25.9 Å². The molecular weight excluding hydrogens is 289 g/mol. The molecule has 2 fully saturated rings. The SMILES string of the molecule is CC(C)CC1P(Cl)OCC12COP(Cl)OC2. The van der Waals surface area contributed by atoms with Gasteiger partial charge in [0.2, 0.25) is 0 Å². The van der Waals surface area contributed by atoms with Crippen LogP contribution in [0.15, 0.2) is 0 Å². The highest BCUT2D eigenvalue weighted by atomic mass is 35.7. The van der Waals surface area contributed by atoms with E-state index in [0.29, 0.717) is 31.4 Å². The van der Waals surface area contributed by atoms with Gasteiger partial charge < -0.3 is 13.6 Å². The van der Waals surface area contributed by atoms with Crippen molar-refractivity contribution in [1.82, 2.24) is 0 Å². The van der Waals surface area contributed by atoms with Crippen molar-refractivity contribution >= 4 is 37.7 Å². The monoisotopic (exact) mass is 304 g/mol. The van der Waals surface area contributed by atoms with Crippen molar-refractivity contribution in [3.63, 3.8) is 0 Å². The van der Waals surface area contributed by atoms with Crippen LogP contribution in [0.3, 0.4) is 0 Å². The van der Waals surface area contributed by atoms with Gasteiger partial charge in [-0.1, -0.05) is 25.1 Å². The van der Waals surface area contributed by atoms with Crippen LogP contribution in [0.1, 0.15) is 20.3 Å². The molecule has 94 valence electrons. The van der Waals surface area contributed by atoms with Gasteiger partial charge in [0, 0.05) is 5.66 Å². The van der Waals surface area contributed by atoms with E-state index in [9.17, 15) is 0 Å². The Morgan fingerprint density at radius 1 is 1.19 bits per heavy atom. The molecule has 0 aromatic rings. The minimum atomic E-state index is -1.21. The van der Waals surface area contributed by atoms with Crippen molar-refractivity contribution in [2.24, 2.45) is 11.3 Å². The van der Waals surface area contributed by atoms with Crippen LogP contribution >= 0.6 is 37.7 Å². The Bertz CT molecular complexity index is 247. The van der Waals surface area contributed by atoms with Crippen LogP contribution in [0.2, 0.25) is 0 Å². The Hall–Kier alpha value is 1.32. The summed E-state index contributed by atoms with van der Waals surface area (Å²) in [6.07, 6.45) is 1.06. The third-order valence-corrected chi connectivity index (χ3v) is 6.90. The second-order valence-electron chi connectivity index (χ2n) is 4.81. The van der Waals surface area contributed by atoms with E-state index in [1.165, 1.54) is 0 Å². The van der Waals surface area contributed by atoms with Gasteiger partial charge in [-0.15, -0.1) is 0 Å². The number of hydrogen-bond acceptors (Lipinski definition) is 3. The molecule has 0 aromatic heterocycles. The summed E-state index contributed by atoms with van der Waals surface area (Å²) in [6, 6.07) is 0. The molecule has 7 heteroatoms. The molecule has 2 aliphatic heterocycles. The van der Waals surface area contributed by atoms with Crippen molar-refractivity contribution in [3.8, 4) is 0 Å². The standard InChI is InChI=1S/C9H16Cl2O3P2/c1-7(2)3-8-9(4-12-15(8)10)5-13-16(11)14-6-9/h7-8H,3-6H2,1-2H3. The Labute approximate surface area is 108 Å². The lowest BCUT2D eigenvalue weighted by molar-refractivity contribution is 0.0205. The fraction of sp³-hybridized carbons (Fsp3) is 1.00. The summed E-state index contributed by atoms with van der Waals surface area (Å²) in [5, 5.41) is 0. The van der Waals surface area contributed by atoms with Crippen LogP contribution in [-0.2, 0) is 13.6 Å². The first-order chi connectivity index (χ1) is 7.53. The fourth-order valence-electron chi connectivity index (χ4n) is 2.08. The van der Waals surface area contributed by atoms with Gasteiger partial charge in [0.15, 0.2) is 0 Å². The highest BCUT2D eigenvalue weighted by Gasteiger charge is 2.52. The largest absolute Gasteiger partial charge is 0.342 e. The number of rotatable bonds is 2. The van der Waals surface area contributed by atoms with E-state index in [2.05, 4.69) is 13.8 Å². The first kappa shape index (κ1) is 13.7. The van der Waals surface area contributed by atoms with Gasteiger partial charge in [-0.25, -0.2) is 0 Å². The van der Waals surface area contributed by atoms with Gasteiger partial charge in [0.25, 0.3) is 7.73 Å². The van der Waals surface area contributed by atoms with E-state index in [1.807, 2.05) is 0 Å². The molecule has 16 heavy (non-hydrogen) atoms. The zero-order valence-corrected chi connectivity index (χ0v) is 12.7. The Morgan fingerprint density at radius 2 is 1.75 bits per heavy atom. The normalized spacial score (nSPS) is 44.4. The molecule has 1 spiro atoms. The third-order valence-electron chi connectivity index (χ3n) is 3.03. The molecule has 3 nitrogen and oxygen atoms in total. The molecule has 0 aromatic carbocycles. The molecule has 2 aliphatic rings. The first-order valence-corrected chi connectivity index (χ1v) is 9.65. The molecule has 0 N–H and O–H groups in total. The lowest BCUT2D eigenvalue weighted by Crippen LogP contribution is -2.43. The molecule has 2 unspecified atom stereocenters. The summed E-state index contributed by atoms with van der Waals surface area (Å²) in [7, 11) is -2.08. The van der Waals surface area contributed by atoms with Crippen molar-refractivity contribution in [1.29, 1.82) is 0 Å². The van der Waals surface area contributed by atoms with Gasteiger partial charge in [-0.3, -0.25) is 0 Å². The highest BCUT2D eigenvalue weighted by molar-refractivity contribution is 7.80. The Balaban J connectivity index is 2.06. The zero-order chi connectivity index (χ0) is 11.8. The average Bonchev–Trinajstić information content (AvgIpc) is 2.52. The maximum Gasteiger partial charge on any atom is 0.276 e. The number of halogens is 2. The first-order valence-electron chi connectivity index (χ1n) is 5.33. The molecule has 0 amide bonds. The molecule has 0 radical (unpaired) electrons. The van der Waals surface area contributed by atoms with Crippen LogP contribution < -0.4 is 0 Å². The van der Waals surface area contributed by atoms with E-state index in [-0.39, 0.29) is 5.41 Å². The van der Waals surface area contributed by atoms with Gasteiger partial charge in [0.05, 0.1) is 25.2 Å². The van der Waals surface area contributed by atoms with Crippen molar-refractivity contribution < 1.29 is 13.6 Å². The quantitative estimate of drug-likeness (QED) is 0.704. The maximum absolute atomic E-state index is 6.29. The lowest BCUT2D eigenvalue weighted by atomic mass is 9.83. The van der Waals surface area contributed by atoms with Crippen LogP contribution in [0, 0.1) is 11.3 Å². The van der Waals surface area contributed by atoms with Gasteiger partial charge in [-0.05, 0) is 23.6 Å². The Morgan fingerprint density at radius 3 is 2.31 bits per heavy atom. The van der Waals surface area contributed by atoms with Crippen LogP contribution in [0.4, 0.5) is 0 Å². The predicted molar refractivity (Wildman–Crippen MR) is 69.1 cm³/mol. The summed E-state index contributed by atoms with van der Waals surface area (Å²) in [4.78, 5) is 0. The minimum absolute atomic E-state index is 0.0640. The minimum Gasteiger partial charge on any atom is -0.342 e. The van der Waals surface area contributed by atoms with Crippen LogP contribution in [-0.4, -0.2) is 25.5 Å². The van der Waals surface area contributed by atoms with Gasteiger partial charge in [0.1, 0.15) is 7.50 Å². The summed E-state index contributed by atoms with van der Waals surface area (Å²) < 4.78 is 16.5. The predicted octanol–water partition coefficient (Wildman–Crippen LogP) is 4.48. The van der Waals surface area contributed by atoms with Gasteiger partial charge in [-0.2, -0.15) is 0 Å². The van der Waals surface area contributed by atoms with E-state index >= 15 is 0 Å². The molecular formula is C9H16Cl2O3P2. The van der Waals surface area contributed by atoms with E-state index in [4.69, 9.17) is 36.1 Å². The summed E-state index contributed by atoms with van der Waals surface area (Å²) in [5.74, 6) is 0.603. The molecule has 2 rings (SSSR count). The average molecular weight is 305 g/mol. The summed E-state index contributed by atoms with van der Waals surface area (Å²) in [6.45, 7) is 6.27. The van der Waals surface area contributed by atoms with Crippen LogP contribution in [0.25, 0.3) is 0 Å². The highest BCUT2D eigenvalue weighted by Crippen LogP contribution is 2.65. The summed E-state index contributed by atoms with van der Waals surface area (Å²) >= 11 is 12.1. The van der Waals surface area contributed by atoms with E-state index in [0.717, 1.165) is 6.42 Å². The smallest absolute Gasteiger partial charge is 0.276 e. The second-order valence-corrected chi connectivity index (χ2v) is 9.01. The zero-order valence-electron chi connectivity index (χ0n) is 9.36. The van der Waals surface area contributed by atoms with Crippen LogP contribution in [0.5, 0.6) is 0 Å². The molecule has 2 saturated heterocycles. The van der Waals surface area contributed by atoms with Crippen molar-refractivity contribution in [2.75, 3.05) is 19.8 Å². The Kier molecular flexibility index (Phi) is 4.75. The molecule has 2 atom stereocenters. The molecule has 2 heterocycles. The molecule has 0 aliphatic carbocycles. The van der Waals surface area contributed by atoms with Gasteiger partial charge >= 0.3 is 0 Å². The van der Waals surface area contributed by atoms with E-state index in [1.54, 1.807) is 0 Å². The molecule has 0 bridgehead atoms. The topological polar surface area (TPSA) is 27.7 Å². The second kappa shape index (κ2) is 5.53. The van der Waals surface area contributed by atoms with E-state index < -0.39 is 15.2 Å². The third kappa shape index (κ3) is 2.83. The van der Waals surface area contributed by atoms with Crippen molar-refractivity contribution in [3.05, 3.63) is 0 Å². The number of hydrogen-bond donors (Lipinski definition) is 0. The maximum atomic E-state index is 6.29. The molecule has 0 saturated carbocycles. The lowest BCUT2D eigenvalue weighted by Gasteiger charge is -2.38.